The van der Waals surface area contributed by atoms with Crippen LogP contribution in [0.1, 0.15) is 27.6 Å². The summed E-state index contributed by atoms with van der Waals surface area (Å²) in [5.74, 6) is -1.07. The summed E-state index contributed by atoms with van der Waals surface area (Å²) in [7, 11) is 1.26. The number of azo groups is 1. The van der Waals surface area contributed by atoms with Crippen LogP contribution >= 0.6 is 0 Å². The van der Waals surface area contributed by atoms with Crippen LogP contribution in [0.25, 0.3) is 16.5 Å². The molecule has 4 rings (SSSR count). The Balaban J connectivity index is 1.92. The lowest BCUT2D eigenvalue weighted by molar-refractivity contribution is 0.0601. The van der Waals surface area contributed by atoms with E-state index in [9.17, 15) is 14.7 Å². The van der Waals surface area contributed by atoms with Crippen LogP contribution in [0.15, 0.2) is 77.1 Å². The van der Waals surface area contributed by atoms with Crippen molar-refractivity contribution in [3.05, 3.63) is 78.0 Å². The van der Waals surface area contributed by atoms with E-state index in [2.05, 4.69) is 15.3 Å². The van der Waals surface area contributed by atoms with Gasteiger partial charge in [-0.3, -0.25) is 4.79 Å². The average Bonchev–Trinajstić information content (AvgIpc) is 3.22. The Morgan fingerprint density at radius 1 is 1.00 bits per heavy atom. The predicted octanol–water partition coefficient (Wildman–Crippen LogP) is 5.14. The molecule has 1 heterocycles. The van der Waals surface area contributed by atoms with Crippen molar-refractivity contribution >= 4 is 34.0 Å². The van der Waals surface area contributed by atoms with E-state index in [-0.39, 0.29) is 34.2 Å². The van der Waals surface area contributed by atoms with Crippen molar-refractivity contribution in [2.24, 2.45) is 10.2 Å². The number of aromatic nitrogens is 2. The first-order valence-corrected chi connectivity index (χ1v) is 9.40. The molecule has 0 spiro atoms. The van der Waals surface area contributed by atoms with Crippen LogP contribution < -0.4 is 0 Å². The molecule has 0 unspecified atom stereocenters. The Morgan fingerprint density at radius 3 is 2.42 bits per heavy atom. The molecular formula is C23H18N4O4. The van der Waals surface area contributed by atoms with Crippen LogP contribution in [0.4, 0.5) is 11.5 Å². The summed E-state index contributed by atoms with van der Waals surface area (Å²) in [6.45, 7) is 1.37. The van der Waals surface area contributed by atoms with Gasteiger partial charge >= 0.3 is 5.97 Å². The van der Waals surface area contributed by atoms with Gasteiger partial charge in [0.05, 0.1) is 24.6 Å². The third kappa shape index (κ3) is 3.66. The number of rotatable bonds is 5. The molecule has 0 aliphatic rings. The van der Waals surface area contributed by atoms with Gasteiger partial charge in [-0.05, 0) is 30.5 Å². The molecule has 0 bridgehead atoms. The van der Waals surface area contributed by atoms with E-state index >= 15 is 0 Å². The summed E-state index contributed by atoms with van der Waals surface area (Å²) >= 11 is 0. The van der Waals surface area contributed by atoms with Crippen molar-refractivity contribution in [2.75, 3.05) is 7.11 Å². The smallest absolute Gasteiger partial charge is 0.343 e. The lowest BCUT2D eigenvalue weighted by Crippen LogP contribution is -2.01. The summed E-state index contributed by atoms with van der Waals surface area (Å²) in [5, 5.41) is 24.8. The fourth-order valence-electron chi connectivity index (χ4n) is 3.23. The van der Waals surface area contributed by atoms with Gasteiger partial charge in [0.2, 0.25) is 0 Å². The van der Waals surface area contributed by atoms with Crippen LogP contribution in [-0.4, -0.2) is 33.7 Å². The monoisotopic (exact) mass is 414 g/mol. The normalized spacial score (nSPS) is 11.2. The number of nitrogens with zero attached hydrogens (tertiary/aromatic N) is 4. The summed E-state index contributed by atoms with van der Waals surface area (Å²) in [6, 6.07) is 17.9. The van der Waals surface area contributed by atoms with Gasteiger partial charge in [0.1, 0.15) is 11.3 Å². The zero-order valence-electron chi connectivity index (χ0n) is 16.8. The van der Waals surface area contributed by atoms with Crippen LogP contribution in [0, 0.1) is 0 Å². The van der Waals surface area contributed by atoms with Crippen molar-refractivity contribution in [3.63, 3.8) is 0 Å². The maximum Gasteiger partial charge on any atom is 0.343 e. The van der Waals surface area contributed by atoms with E-state index in [1.165, 1.54) is 24.9 Å². The number of hydrogen-bond donors (Lipinski definition) is 1. The maximum absolute atomic E-state index is 12.2. The van der Waals surface area contributed by atoms with Gasteiger partial charge in [0.15, 0.2) is 17.4 Å². The van der Waals surface area contributed by atoms with Crippen molar-refractivity contribution in [1.29, 1.82) is 0 Å². The number of methoxy groups -OCH3 is 1. The van der Waals surface area contributed by atoms with Gasteiger partial charge < -0.3 is 9.84 Å². The number of ether oxygens (including phenoxy) is 1. The lowest BCUT2D eigenvalue weighted by atomic mass is 10.0. The van der Waals surface area contributed by atoms with E-state index in [1.807, 2.05) is 30.3 Å². The Labute approximate surface area is 177 Å². The zero-order chi connectivity index (χ0) is 22.0. The van der Waals surface area contributed by atoms with Crippen molar-refractivity contribution in [2.45, 2.75) is 6.92 Å². The number of ketones is 1. The number of hydrogen-bond acceptors (Lipinski definition) is 7. The van der Waals surface area contributed by atoms with Crippen molar-refractivity contribution in [1.82, 2.24) is 9.78 Å². The van der Waals surface area contributed by atoms with Gasteiger partial charge in [-0.25, -0.2) is 9.48 Å². The third-order valence-corrected chi connectivity index (χ3v) is 4.77. The summed E-state index contributed by atoms with van der Waals surface area (Å²) in [6.07, 6.45) is 1.34. The Morgan fingerprint density at radius 2 is 1.71 bits per heavy atom. The molecule has 1 N–H and O–H groups in total. The molecule has 154 valence electrons. The first-order valence-electron chi connectivity index (χ1n) is 9.40. The number of Topliss-reactive ketones (excluding diaryl/α,β-unsaturated/α-hetero) is 1. The molecule has 3 aromatic carbocycles. The van der Waals surface area contributed by atoms with E-state index < -0.39 is 5.97 Å². The van der Waals surface area contributed by atoms with Crippen LogP contribution in [0.3, 0.4) is 0 Å². The van der Waals surface area contributed by atoms with Gasteiger partial charge in [-0.2, -0.15) is 5.10 Å². The number of para-hydroxylation sites is 1. The van der Waals surface area contributed by atoms with Gasteiger partial charge in [0, 0.05) is 5.39 Å². The highest BCUT2D eigenvalue weighted by Gasteiger charge is 2.20. The number of benzene rings is 3. The minimum absolute atomic E-state index is 0.113. The van der Waals surface area contributed by atoms with Crippen LogP contribution in [0.5, 0.6) is 5.75 Å². The summed E-state index contributed by atoms with van der Waals surface area (Å²) in [5.41, 5.74) is 1.04. The number of carbonyl (C=O) groups excluding carboxylic acids is 2. The molecule has 0 amide bonds. The molecule has 0 aliphatic heterocycles. The van der Waals surface area contributed by atoms with E-state index in [4.69, 9.17) is 4.74 Å². The Kier molecular flexibility index (Phi) is 5.28. The highest BCUT2D eigenvalue weighted by atomic mass is 16.5. The highest BCUT2D eigenvalue weighted by molar-refractivity contribution is 6.06. The molecule has 0 saturated carbocycles. The lowest BCUT2D eigenvalue weighted by Gasteiger charge is -2.09. The van der Waals surface area contributed by atoms with E-state index in [0.29, 0.717) is 11.1 Å². The van der Waals surface area contributed by atoms with Crippen molar-refractivity contribution < 1.29 is 19.4 Å². The Bertz CT molecular complexity index is 1330. The number of fused-ring (bicyclic) bond motifs is 1. The molecule has 0 aliphatic carbocycles. The summed E-state index contributed by atoms with van der Waals surface area (Å²) in [4.78, 5) is 24.3. The van der Waals surface area contributed by atoms with Gasteiger partial charge in [-0.1, -0.05) is 42.5 Å². The number of carbonyl (C=O) groups is 2. The average molecular weight is 414 g/mol. The van der Waals surface area contributed by atoms with E-state index in [0.717, 1.165) is 5.39 Å². The minimum atomic E-state index is -0.623. The molecule has 0 atom stereocenters. The molecule has 4 aromatic rings. The second-order valence-corrected chi connectivity index (χ2v) is 6.72. The van der Waals surface area contributed by atoms with Gasteiger partial charge in [0.25, 0.3) is 0 Å². The number of phenolic OH excluding ortho intramolecular Hbond substituents is 1. The molecule has 0 radical (unpaired) electrons. The molecule has 1 aromatic heterocycles. The van der Waals surface area contributed by atoms with Gasteiger partial charge in [-0.15, -0.1) is 10.2 Å². The molecule has 8 heteroatoms. The van der Waals surface area contributed by atoms with Crippen molar-refractivity contribution in [3.8, 4) is 11.4 Å². The fourth-order valence-corrected chi connectivity index (χ4v) is 3.23. The zero-order valence-corrected chi connectivity index (χ0v) is 16.8. The molecule has 0 saturated heterocycles. The minimum Gasteiger partial charge on any atom is -0.505 e. The van der Waals surface area contributed by atoms with Crippen LogP contribution in [-0.2, 0) is 4.74 Å². The standard InChI is InChI=1S/C23H18N4O4/c1-14(28)18-12-15-8-6-7-11-17(15)20(21(18)29)25-26-22-19(23(30)31-2)13-24-27(22)16-9-4-3-5-10-16/h3-13,29H,1-2H3. The largest absolute Gasteiger partial charge is 0.505 e. The van der Waals surface area contributed by atoms with E-state index in [1.54, 1.807) is 30.3 Å². The number of esters is 1. The second-order valence-electron chi connectivity index (χ2n) is 6.72. The highest BCUT2D eigenvalue weighted by Crippen LogP contribution is 2.40. The predicted molar refractivity (Wildman–Crippen MR) is 115 cm³/mol. The molecule has 8 nitrogen and oxygen atoms in total. The fraction of sp³-hybridized carbons (Fsp3) is 0.0870. The quantitative estimate of drug-likeness (QED) is 0.277. The molecule has 0 fully saturated rings. The molecule has 31 heavy (non-hydrogen) atoms. The molecular weight excluding hydrogens is 396 g/mol. The third-order valence-electron chi connectivity index (χ3n) is 4.77. The first-order chi connectivity index (χ1) is 15.0. The number of aromatic hydroxyl groups is 1. The van der Waals surface area contributed by atoms with Crippen LogP contribution in [0.2, 0.25) is 0 Å². The topological polar surface area (TPSA) is 106 Å². The summed E-state index contributed by atoms with van der Waals surface area (Å²) < 4.78 is 6.28. The SMILES string of the molecule is COC(=O)c1cnn(-c2ccccc2)c1N=Nc1c(O)c(C(C)=O)cc2ccccc12. The second kappa shape index (κ2) is 8.19. The maximum atomic E-state index is 12.2. The number of phenols is 1. The Hall–Kier alpha value is -4.33. The first kappa shape index (κ1) is 20.0.